The molecule has 0 amide bonds. The van der Waals surface area contributed by atoms with Crippen molar-refractivity contribution in [3.8, 4) is 0 Å². The number of aliphatic imine (C=N–C) groups is 1. The first-order valence-electron chi connectivity index (χ1n) is 6.87. The first-order chi connectivity index (χ1) is 8.15. The Labute approximate surface area is 128 Å². The number of rotatable bonds is 4. The van der Waals surface area contributed by atoms with Gasteiger partial charge in [-0.3, -0.25) is 4.99 Å². The van der Waals surface area contributed by atoms with Gasteiger partial charge in [0.25, 0.3) is 0 Å². The Morgan fingerprint density at radius 2 is 2.17 bits per heavy atom. The van der Waals surface area contributed by atoms with Gasteiger partial charge in [0.1, 0.15) is 0 Å². The average Bonchev–Trinajstić information content (AvgIpc) is 2.84. The van der Waals surface area contributed by atoms with Gasteiger partial charge in [-0.1, -0.05) is 13.8 Å². The van der Waals surface area contributed by atoms with E-state index in [-0.39, 0.29) is 24.0 Å². The summed E-state index contributed by atoms with van der Waals surface area (Å²) in [5, 5.41) is 3.50. The fourth-order valence-electron chi connectivity index (χ4n) is 2.72. The maximum Gasteiger partial charge on any atom is 0.193 e. The van der Waals surface area contributed by atoms with Crippen molar-refractivity contribution in [1.82, 2.24) is 15.1 Å². The van der Waals surface area contributed by atoms with E-state index in [4.69, 9.17) is 0 Å². The quantitative estimate of drug-likeness (QED) is 0.765. The van der Waals surface area contributed by atoms with Crippen LogP contribution in [0.1, 0.15) is 20.3 Å². The van der Waals surface area contributed by atoms with Crippen LogP contribution in [0.4, 0.5) is 0 Å². The highest BCUT2D eigenvalue weighted by Crippen LogP contribution is 2.16. The van der Waals surface area contributed by atoms with Gasteiger partial charge in [0, 0.05) is 33.2 Å². The molecule has 18 heavy (non-hydrogen) atoms. The van der Waals surface area contributed by atoms with Gasteiger partial charge in [-0.25, -0.2) is 0 Å². The smallest absolute Gasteiger partial charge is 0.193 e. The van der Waals surface area contributed by atoms with Crippen LogP contribution in [-0.4, -0.2) is 62.1 Å². The predicted octanol–water partition coefficient (Wildman–Crippen LogP) is 1.47. The normalized spacial score (nSPS) is 24.3. The Hall–Kier alpha value is -0.0400. The van der Waals surface area contributed by atoms with Crippen molar-refractivity contribution in [3.05, 3.63) is 0 Å². The molecule has 2 rings (SSSR count). The molecule has 0 bridgehead atoms. The van der Waals surface area contributed by atoms with Crippen molar-refractivity contribution in [1.29, 1.82) is 0 Å². The van der Waals surface area contributed by atoms with Gasteiger partial charge in [0.2, 0.25) is 0 Å². The van der Waals surface area contributed by atoms with Gasteiger partial charge in [-0.15, -0.1) is 24.0 Å². The van der Waals surface area contributed by atoms with Crippen molar-refractivity contribution in [2.24, 2.45) is 16.8 Å². The van der Waals surface area contributed by atoms with Crippen LogP contribution >= 0.6 is 24.0 Å². The zero-order valence-corrected chi connectivity index (χ0v) is 14.2. The van der Waals surface area contributed by atoms with Gasteiger partial charge < -0.3 is 15.1 Å². The topological polar surface area (TPSA) is 30.9 Å². The lowest BCUT2D eigenvalue weighted by Crippen LogP contribution is -2.38. The fourth-order valence-corrected chi connectivity index (χ4v) is 2.72. The molecule has 1 atom stereocenters. The second-order valence-electron chi connectivity index (χ2n) is 5.82. The Bertz CT molecular complexity index is 280. The summed E-state index contributed by atoms with van der Waals surface area (Å²) in [6, 6.07) is 0. The molecule has 0 aromatic rings. The average molecular weight is 366 g/mol. The molecule has 0 aromatic heterocycles. The van der Waals surface area contributed by atoms with E-state index in [1.807, 2.05) is 0 Å². The molecule has 0 aromatic carbocycles. The van der Waals surface area contributed by atoms with E-state index in [2.05, 4.69) is 41.0 Å². The van der Waals surface area contributed by atoms with E-state index >= 15 is 0 Å². The molecule has 0 aliphatic carbocycles. The van der Waals surface area contributed by atoms with Gasteiger partial charge in [-0.2, -0.15) is 0 Å². The number of hydrogen-bond donors (Lipinski definition) is 1. The van der Waals surface area contributed by atoms with Gasteiger partial charge in [-0.05, 0) is 24.8 Å². The molecular weight excluding hydrogens is 339 g/mol. The molecule has 2 heterocycles. The van der Waals surface area contributed by atoms with Crippen LogP contribution in [-0.2, 0) is 0 Å². The van der Waals surface area contributed by atoms with Crippen molar-refractivity contribution < 1.29 is 0 Å². The number of guanidine groups is 1. The molecule has 2 aliphatic heterocycles. The molecule has 1 unspecified atom stereocenters. The Morgan fingerprint density at radius 1 is 1.39 bits per heavy atom. The molecule has 106 valence electrons. The molecule has 5 heteroatoms. The minimum atomic E-state index is 0. The zero-order chi connectivity index (χ0) is 12.3. The third-order valence-electron chi connectivity index (χ3n) is 3.60. The maximum atomic E-state index is 4.46. The molecule has 1 N–H and O–H groups in total. The van der Waals surface area contributed by atoms with Crippen LogP contribution in [0.3, 0.4) is 0 Å². The zero-order valence-electron chi connectivity index (χ0n) is 11.9. The molecule has 0 radical (unpaired) electrons. The van der Waals surface area contributed by atoms with Crippen LogP contribution < -0.4 is 5.32 Å². The minimum absolute atomic E-state index is 0. The summed E-state index contributed by atoms with van der Waals surface area (Å²) in [5.41, 5.74) is 0. The highest BCUT2D eigenvalue weighted by Gasteiger charge is 2.23. The molecule has 0 spiro atoms. The Kier molecular flexibility index (Phi) is 6.70. The van der Waals surface area contributed by atoms with Gasteiger partial charge >= 0.3 is 0 Å². The number of halogens is 1. The Morgan fingerprint density at radius 3 is 2.78 bits per heavy atom. The van der Waals surface area contributed by atoms with E-state index in [1.54, 1.807) is 0 Å². The number of nitrogens with zero attached hydrogens (tertiary/aromatic N) is 3. The molecule has 2 aliphatic rings. The summed E-state index contributed by atoms with van der Waals surface area (Å²) in [6.45, 7) is 11.5. The summed E-state index contributed by atoms with van der Waals surface area (Å²) < 4.78 is 0. The molecule has 1 saturated heterocycles. The van der Waals surface area contributed by atoms with Crippen molar-refractivity contribution in [3.63, 3.8) is 0 Å². The maximum absolute atomic E-state index is 4.46. The predicted molar refractivity (Wildman–Crippen MR) is 87.7 cm³/mol. The first-order valence-corrected chi connectivity index (χ1v) is 6.87. The molecule has 1 fully saturated rings. The minimum Gasteiger partial charge on any atom is -0.356 e. The number of nitrogens with one attached hydrogen (secondary N) is 1. The summed E-state index contributed by atoms with van der Waals surface area (Å²) in [4.78, 5) is 9.27. The van der Waals surface area contributed by atoms with Crippen molar-refractivity contribution >= 4 is 29.9 Å². The highest BCUT2D eigenvalue weighted by molar-refractivity contribution is 14.0. The number of hydrogen-bond acceptors (Lipinski definition) is 4. The Balaban J connectivity index is 0.00000162. The lowest BCUT2D eigenvalue weighted by atomic mass is 10.1. The third-order valence-corrected chi connectivity index (χ3v) is 3.60. The summed E-state index contributed by atoms with van der Waals surface area (Å²) in [5.74, 6) is 2.67. The van der Waals surface area contributed by atoms with E-state index in [0.29, 0.717) is 0 Å². The SMILES string of the molecule is CC(C)CN1CCC(CNC2=NCCN2C)C1.I. The van der Waals surface area contributed by atoms with E-state index in [9.17, 15) is 0 Å². The third kappa shape index (κ3) is 4.57. The number of likely N-dealkylation sites (tertiary alicyclic amines) is 1. The second-order valence-corrected chi connectivity index (χ2v) is 5.82. The largest absolute Gasteiger partial charge is 0.356 e. The summed E-state index contributed by atoms with van der Waals surface area (Å²) >= 11 is 0. The lowest BCUT2D eigenvalue weighted by molar-refractivity contribution is 0.287. The first kappa shape index (κ1) is 16.0. The number of likely N-dealkylation sites (N-methyl/N-ethyl adjacent to an activating group) is 1. The van der Waals surface area contributed by atoms with E-state index in [0.717, 1.165) is 37.4 Å². The summed E-state index contributed by atoms with van der Waals surface area (Å²) in [6.07, 6.45) is 1.33. The standard InChI is InChI=1S/C13H26N4.HI/c1-11(2)9-17-6-4-12(10-17)8-15-13-14-5-7-16(13)3;/h11-12H,4-10H2,1-3H3,(H,14,15);1H. The van der Waals surface area contributed by atoms with Crippen LogP contribution in [0.15, 0.2) is 4.99 Å². The summed E-state index contributed by atoms with van der Waals surface area (Å²) in [7, 11) is 2.11. The van der Waals surface area contributed by atoms with Crippen LogP contribution in [0, 0.1) is 11.8 Å². The lowest BCUT2D eigenvalue weighted by Gasteiger charge is -2.20. The van der Waals surface area contributed by atoms with Crippen LogP contribution in [0.5, 0.6) is 0 Å². The van der Waals surface area contributed by atoms with Gasteiger partial charge in [0.15, 0.2) is 5.96 Å². The van der Waals surface area contributed by atoms with E-state index < -0.39 is 0 Å². The van der Waals surface area contributed by atoms with Gasteiger partial charge in [0.05, 0.1) is 6.54 Å². The second kappa shape index (κ2) is 7.53. The molecule has 0 saturated carbocycles. The van der Waals surface area contributed by atoms with E-state index in [1.165, 1.54) is 26.1 Å². The highest BCUT2D eigenvalue weighted by atomic mass is 127. The van der Waals surface area contributed by atoms with Crippen molar-refractivity contribution in [2.45, 2.75) is 20.3 Å². The monoisotopic (exact) mass is 366 g/mol. The molecule has 4 nitrogen and oxygen atoms in total. The van der Waals surface area contributed by atoms with Crippen LogP contribution in [0.2, 0.25) is 0 Å². The van der Waals surface area contributed by atoms with Crippen molar-refractivity contribution in [2.75, 3.05) is 46.3 Å². The fraction of sp³-hybridized carbons (Fsp3) is 0.923. The van der Waals surface area contributed by atoms with Crippen LogP contribution in [0.25, 0.3) is 0 Å². The molecular formula is C13H27IN4.